The molecule has 1 saturated carbocycles. The molecule has 3 nitrogen and oxygen atoms in total. The molecule has 2 rings (SSSR count). The highest BCUT2D eigenvalue weighted by atomic mass is 32.1. The molecule has 0 spiro atoms. The average Bonchev–Trinajstić information content (AvgIpc) is 2.68. The van der Waals surface area contributed by atoms with Crippen LogP contribution in [0.3, 0.4) is 0 Å². The Kier molecular flexibility index (Phi) is 4.86. The predicted molar refractivity (Wildman–Crippen MR) is 83.0 cm³/mol. The molecule has 4 heteroatoms. The molecule has 0 aromatic carbocycles. The summed E-state index contributed by atoms with van der Waals surface area (Å²) in [6.07, 6.45) is 4.98. The van der Waals surface area contributed by atoms with Gasteiger partial charge < -0.3 is 10.4 Å². The van der Waals surface area contributed by atoms with E-state index in [9.17, 15) is 9.90 Å². The van der Waals surface area contributed by atoms with Crippen LogP contribution >= 0.6 is 11.3 Å². The molecular formula is C16H25NO2S. The molecule has 1 aromatic heterocycles. The number of rotatable bonds is 4. The third-order valence-electron chi connectivity index (χ3n) is 4.20. The van der Waals surface area contributed by atoms with Crippen molar-refractivity contribution in [1.82, 2.24) is 5.32 Å². The average molecular weight is 295 g/mol. The van der Waals surface area contributed by atoms with E-state index in [1.807, 2.05) is 6.92 Å². The molecule has 20 heavy (non-hydrogen) atoms. The van der Waals surface area contributed by atoms with Gasteiger partial charge in [0.1, 0.15) is 0 Å². The first-order valence-corrected chi connectivity index (χ1v) is 8.30. The zero-order chi connectivity index (χ0) is 14.8. The van der Waals surface area contributed by atoms with E-state index in [-0.39, 0.29) is 18.4 Å². The fraction of sp³-hybridized carbons (Fsp3) is 0.688. The van der Waals surface area contributed by atoms with E-state index < -0.39 is 5.60 Å². The normalized spacial score (nSPS) is 19.6. The number of hydrogen-bond acceptors (Lipinski definition) is 3. The maximum atomic E-state index is 12.2. The molecule has 1 aliphatic carbocycles. The Balaban J connectivity index is 1.92. The van der Waals surface area contributed by atoms with E-state index in [0.717, 1.165) is 25.7 Å². The second-order valence-electron chi connectivity index (χ2n) is 6.12. The van der Waals surface area contributed by atoms with Gasteiger partial charge >= 0.3 is 0 Å². The fourth-order valence-corrected chi connectivity index (χ4v) is 4.16. The molecule has 2 N–H and O–H groups in total. The summed E-state index contributed by atoms with van der Waals surface area (Å²) >= 11 is 1.76. The summed E-state index contributed by atoms with van der Waals surface area (Å²) in [5.74, 6) is -0.0369. The Hall–Kier alpha value is -0.870. The van der Waals surface area contributed by atoms with Crippen molar-refractivity contribution < 1.29 is 9.90 Å². The van der Waals surface area contributed by atoms with Crippen LogP contribution in [-0.2, 0) is 4.79 Å². The zero-order valence-electron chi connectivity index (χ0n) is 12.7. The predicted octanol–water partition coefficient (Wildman–Crippen LogP) is 3.63. The summed E-state index contributed by atoms with van der Waals surface area (Å²) in [5.41, 5.74) is 0.415. The van der Waals surface area contributed by atoms with Crippen LogP contribution in [0.15, 0.2) is 6.07 Å². The van der Waals surface area contributed by atoms with Crippen molar-refractivity contribution in [1.29, 1.82) is 0 Å². The Labute approximate surface area is 125 Å². The van der Waals surface area contributed by atoms with Gasteiger partial charge in [-0.2, -0.15) is 0 Å². The lowest BCUT2D eigenvalue weighted by molar-refractivity contribution is -0.128. The standard InChI is InChI=1S/C16H25NO2S/c1-11-9-14(13(3)20-11)12(2)17-15(18)10-16(19)7-5-4-6-8-16/h9,12,19H,4-8,10H2,1-3H3,(H,17,18). The summed E-state index contributed by atoms with van der Waals surface area (Å²) in [7, 11) is 0. The lowest BCUT2D eigenvalue weighted by Crippen LogP contribution is -2.39. The molecule has 1 unspecified atom stereocenters. The summed E-state index contributed by atoms with van der Waals surface area (Å²) in [6.45, 7) is 6.18. The first-order chi connectivity index (χ1) is 9.39. The third-order valence-corrected chi connectivity index (χ3v) is 5.18. The Morgan fingerprint density at radius 3 is 2.60 bits per heavy atom. The topological polar surface area (TPSA) is 49.3 Å². The van der Waals surface area contributed by atoms with Crippen molar-refractivity contribution in [3.8, 4) is 0 Å². The molecule has 1 amide bonds. The highest BCUT2D eigenvalue weighted by Crippen LogP contribution is 2.31. The van der Waals surface area contributed by atoms with E-state index in [4.69, 9.17) is 0 Å². The van der Waals surface area contributed by atoms with Gasteiger partial charge in [-0.05, 0) is 45.2 Å². The van der Waals surface area contributed by atoms with Crippen LogP contribution in [0.25, 0.3) is 0 Å². The molecule has 0 saturated heterocycles. The number of nitrogens with one attached hydrogen (secondary N) is 1. The van der Waals surface area contributed by atoms with Crippen LogP contribution in [0.2, 0.25) is 0 Å². The molecule has 1 aliphatic rings. The molecule has 0 bridgehead atoms. The molecule has 1 atom stereocenters. The lowest BCUT2D eigenvalue weighted by Gasteiger charge is -2.31. The SMILES string of the molecule is Cc1cc(C(C)NC(=O)CC2(O)CCCCC2)c(C)s1. The van der Waals surface area contributed by atoms with E-state index in [1.165, 1.54) is 21.7 Å². The van der Waals surface area contributed by atoms with Gasteiger partial charge in [0.25, 0.3) is 0 Å². The maximum absolute atomic E-state index is 12.2. The summed E-state index contributed by atoms with van der Waals surface area (Å²) in [6, 6.07) is 2.15. The number of aryl methyl sites for hydroxylation is 2. The van der Waals surface area contributed by atoms with Crippen molar-refractivity contribution >= 4 is 17.2 Å². The Morgan fingerprint density at radius 2 is 2.05 bits per heavy atom. The van der Waals surface area contributed by atoms with E-state index >= 15 is 0 Å². The van der Waals surface area contributed by atoms with Gasteiger partial charge in [-0.15, -0.1) is 11.3 Å². The smallest absolute Gasteiger partial charge is 0.223 e. The minimum Gasteiger partial charge on any atom is -0.389 e. The van der Waals surface area contributed by atoms with Gasteiger partial charge in [-0.3, -0.25) is 4.79 Å². The largest absolute Gasteiger partial charge is 0.389 e. The first-order valence-electron chi connectivity index (χ1n) is 7.48. The number of amides is 1. The second kappa shape index (κ2) is 6.27. The van der Waals surface area contributed by atoms with Gasteiger partial charge in [0, 0.05) is 9.75 Å². The molecule has 112 valence electrons. The highest BCUT2D eigenvalue weighted by molar-refractivity contribution is 7.12. The first kappa shape index (κ1) is 15.5. The minimum absolute atomic E-state index is 0.0136. The molecule has 0 radical (unpaired) electrons. The van der Waals surface area contributed by atoms with E-state index in [1.54, 1.807) is 11.3 Å². The van der Waals surface area contributed by atoms with Gasteiger partial charge in [-0.25, -0.2) is 0 Å². The number of thiophene rings is 1. The van der Waals surface area contributed by atoms with Gasteiger partial charge in [-0.1, -0.05) is 19.3 Å². The second-order valence-corrected chi connectivity index (χ2v) is 7.58. The third kappa shape index (κ3) is 3.83. The highest BCUT2D eigenvalue weighted by Gasteiger charge is 2.32. The van der Waals surface area contributed by atoms with Crippen LogP contribution in [0.1, 0.15) is 66.8 Å². The van der Waals surface area contributed by atoms with E-state index in [2.05, 4.69) is 25.2 Å². The molecule has 1 heterocycles. The Morgan fingerprint density at radius 1 is 1.40 bits per heavy atom. The van der Waals surface area contributed by atoms with Gasteiger partial charge in [0.05, 0.1) is 18.1 Å². The van der Waals surface area contributed by atoms with Crippen molar-refractivity contribution in [2.45, 2.75) is 70.9 Å². The number of carbonyl (C=O) groups is 1. The minimum atomic E-state index is -0.776. The van der Waals surface area contributed by atoms with Crippen LogP contribution in [-0.4, -0.2) is 16.6 Å². The van der Waals surface area contributed by atoms with Crippen LogP contribution < -0.4 is 5.32 Å². The van der Waals surface area contributed by atoms with Gasteiger partial charge in [0.2, 0.25) is 5.91 Å². The van der Waals surface area contributed by atoms with Crippen molar-refractivity contribution in [3.05, 3.63) is 21.4 Å². The van der Waals surface area contributed by atoms with Crippen LogP contribution in [0.4, 0.5) is 0 Å². The molecular weight excluding hydrogens is 270 g/mol. The van der Waals surface area contributed by atoms with Crippen molar-refractivity contribution in [3.63, 3.8) is 0 Å². The molecule has 1 aromatic rings. The Bertz CT molecular complexity index is 475. The van der Waals surface area contributed by atoms with Crippen LogP contribution in [0, 0.1) is 13.8 Å². The van der Waals surface area contributed by atoms with Crippen molar-refractivity contribution in [2.24, 2.45) is 0 Å². The quantitative estimate of drug-likeness (QED) is 0.891. The van der Waals surface area contributed by atoms with E-state index in [0.29, 0.717) is 0 Å². The zero-order valence-corrected chi connectivity index (χ0v) is 13.5. The molecule has 0 aliphatic heterocycles. The fourth-order valence-electron chi connectivity index (χ4n) is 3.14. The lowest BCUT2D eigenvalue weighted by atomic mass is 9.82. The summed E-state index contributed by atoms with van der Waals surface area (Å²) in [5, 5.41) is 13.5. The van der Waals surface area contributed by atoms with Gasteiger partial charge in [0.15, 0.2) is 0 Å². The summed E-state index contributed by atoms with van der Waals surface area (Å²) < 4.78 is 0. The summed E-state index contributed by atoms with van der Waals surface area (Å²) in [4.78, 5) is 14.7. The molecule has 1 fully saturated rings. The number of hydrogen-bond donors (Lipinski definition) is 2. The number of carbonyl (C=O) groups excluding carboxylic acids is 1. The monoisotopic (exact) mass is 295 g/mol. The maximum Gasteiger partial charge on any atom is 0.223 e. The van der Waals surface area contributed by atoms with Crippen LogP contribution in [0.5, 0.6) is 0 Å². The van der Waals surface area contributed by atoms with Crippen molar-refractivity contribution in [2.75, 3.05) is 0 Å². The number of aliphatic hydroxyl groups is 1.